The molecule has 0 saturated heterocycles. The number of hydrogen-bond donors (Lipinski definition) is 0. The van der Waals surface area contributed by atoms with Crippen LogP contribution in [0.25, 0.3) is 0 Å². The van der Waals surface area contributed by atoms with Gasteiger partial charge in [0.25, 0.3) is 0 Å². The standard InChI is InChI=1S/C14H16S2.C2H6/c1-8(2)12-5-11-7-13-10(4-9(3)15-13)6-14(11)16-12;1-2/h4-5,8H,6-7H2,1-3H3;1-2H3. The molecule has 0 unspecified atom stereocenters. The summed E-state index contributed by atoms with van der Waals surface area (Å²) in [6, 6.07) is 4.81. The van der Waals surface area contributed by atoms with Crippen LogP contribution in [0, 0.1) is 6.92 Å². The molecule has 0 amide bonds. The summed E-state index contributed by atoms with van der Waals surface area (Å²) in [5.41, 5.74) is 3.16. The molecule has 98 valence electrons. The lowest BCUT2D eigenvalue weighted by Gasteiger charge is -2.10. The van der Waals surface area contributed by atoms with E-state index in [1.165, 1.54) is 17.7 Å². The minimum atomic E-state index is 0.676. The maximum absolute atomic E-state index is 2.43. The van der Waals surface area contributed by atoms with Gasteiger partial charge in [0, 0.05) is 32.4 Å². The maximum Gasteiger partial charge on any atom is 0.0128 e. The van der Waals surface area contributed by atoms with E-state index in [1.54, 1.807) is 25.8 Å². The predicted octanol–water partition coefficient (Wildman–Crippen LogP) is 5.76. The Kier molecular flexibility index (Phi) is 4.29. The lowest BCUT2D eigenvalue weighted by Crippen LogP contribution is -1.99. The highest BCUT2D eigenvalue weighted by Crippen LogP contribution is 2.38. The van der Waals surface area contributed by atoms with Crippen molar-refractivity contribution in [1.82, 2.24) is 0 Å². The molecule has 0 aliphatic heterocycles. The molecule has 0 fully saturated rings. The number of aryl methyl sites for hydroxylation is 1. The average Bonchev–Trinajstić information content (AvgIpc) is 2.89. The maximum atomic E-state index is 2.43. The molecule has 0 spiro atoms. The molecule has 0 nitrogen and oxygen atoms in total. The molecule has 1 aliphatic rings. The zero-order valence-electron chi connectivity index (χ0n) is 12.0. The third-order valence-electron chi connectivity index (χ3n) is 3.21. The van der Waals surface area contributed by atoms with Crippen molar-refractivity contribution >= 4 is 22.7 Å². The van der Waals surface area contributed by atoms with E-state index in [-0.39, 0.29) is 0 Å². The van der Waals surface area contributed by atoms with Crippen molar-refractivity contribution in [2.45, 2.75) is 53.4 Å². The molecule has 0 N–H and O–H groups in total. The van der Waals surface area contributed by atoms with Gasteiger partial charge in [-0.25, -0.2) is 0 Å². The minimum Gasteiger partial charge on any atom is -0.145 e. The molecule has 0 saturated carbocycles. The van der Waals surface area contributed by atoms with Gasteiger partial charge in [0.1, 0.15) is 0 Å². The fourth-order valence-electron chi connectivity index (χ4n) is 2.33. The van der Waals surface area contributed by atoms with Gasteiger partial charge in [0.15, 0.2) is 0 Å². The number of fused-ring (bicyclic) bond motifs is 2. The van der Waals surface area contributed by atoms with Crippen molar-refractivity contribution < 1.29 is 0 Å². The van der Waals surface area contributed by atoms with E-state index in [9.17, 15) is 0 Å². The van der Waals surface area contributed by atoms with Crippen LogP contribution in [-0.4, -0.2) is 0 Å². The Morgan fingerprint density at radius 2 is 1.50 bits per heavy atom. The van der Waals surface area contributed by atoms with E-state index in [1.807, 2.05) is 36.5 Å². The third kappa shape index (κ3) is 2.55. The van der Waals surface area contributed by atoms with E-state index < -0.39 is 0 Å². The first kappa shape index (κ1) is 13.8. The van der Waals surface area contributed by atoms with E-state index in [2.05, 4.69) is 32.9 Å². The summed E-state index contributed by atoms with van der Waals surface area (Å²) < 4.78 is 0. The van der Waals surface area contributed by atoms with Crippen molar-refractivity contribution in [3.8, 4) is 0 Å². The van der Waals surface area contributed by atoms with Crippen molar-refractivity contribution in [3.63, 3.8) is 0 Å². The monoisotopic (exact) mass is 278 g/mol. The number of thiophene rings is 2. The Morgan fingerprint density at radius 1 is 0.944 bits per heavy atom. The number of rotatable bonds is 1. The molecule has 2 aromatic rings. The predicted molar refractivity (Wildman–Crippen MR) is 84.4 cm³/mol. The molecule has 18 heavy (non-hydrogen) atoms. The SMILES string of the molecule is CC.Cc1cc2c(s1)Cc1cc(C(C)C)sc1C2. The fraction of sp³-hybridized carbons (Fsp3) is 0.500. The molecular weight excluding hydrogens is 256 g/mol. The zero-order valence-corrected chi connectivity index (χ0v) is 13.6. The third-order valence-corrected chi connectivity index (χ3v) is 5.78. The second-order valence-electron chi connectivity index (χ2n) is 4.91. The topological polar surface area (TPSA) is 0 Å². The Labute approximate surface area is 119 Å². The van der Waals surface area contributed by atoms with Crippen LogP contribution in [0.1, 0.15) is 64.2 Å². The number of hydrogen-bond acceptors (Lipinski definition) is 2. The lowest BCUT2D eigenvalue weighted by atomic mass is 9.97. The quantitative estimate of drug-likeness (QED) is 0.530. The van der Waals surface area contributed by atoms with Crippen molar-refractivity contribution in [2.24, 2.45) is 0 Å². The summed E-state index contributed by atoms with van der Waals surface area (Å²) in [5.74, 6) is 0.676. The van der Waals surface area contributed by atoms with Crippen molar-refractivity contribution in [3.05, 3.63) is 42.8 Å². The summed E-state index contributed by atoms with van der Waals surface area (Å²) in [5, 5.41) is 0. The molecule has 0 bridgehead atoms. The van der Waals surface area contributed by atoms with Crippen molar-refractivity contribution in [1.29, 1.82) is 0 Å². The first-order valence-corrected chi connectivity index (χ1v) is 8.46. The van der Waals surface area contributed by atoms with Crippen molar-refractivity contribution in [2.75, 3.05) is 0 Å². The van der Waals surface area contributed by atoms with Gasteiger partial charge >= 0.3 is 0 Å². The van der Waals surface area contributed by atoms with Gasteiger partial charge in [-0.1, -0.05) is 27.7 Å². The smallest absolute Gasteiger partial charge is 0.0128 e. The van der Waals surface area contributed by atoms with Crippen LogP contribution in [0.15, 0.2) is 12.1 Å². The van der Waals surface area contributed by atoms with Crippen LogP contribution >= 0.6 is 22.7 Å². The zero-order chi connectivity index (χ0) is 13.3. The van der Waals surface area contributed by atoms with Crippen LogP contribution in [0.4, 0.5) is 0 Å². The van der Waals surface area contributed by atoms with Crippen LogP contribution in [0.2, 0.25) is 0 Å². The Hall–Kier alpha value is -0.600. The molecule has 2 aromatic heterocycles. The van der Waals surface area contributed by atoms with E-state index in [0.717, 1.165) is 0 Å². The van der Waals surface area contributed by atoms with E-state index in [0.29, 0.717) is 5.92 Å². The summed E-state index contributed by atoms with van der Waals surface area (Å²) in [7, 11) is 0. The van der Waals surface area contributed by atoms with Gasteiger partial charge in [0.2, 0.25) is 0 Å². The second-order valence-corrected chi connectivity index (χ2v) is 7.42. The summed E-state index contributed by atoms with van der Waals surface area (Å²) in [6.07, 6.45) is 2.35. The average molecular weight is 278 g/mol. The van der Waals surface area contributed by atoms with Gasteiger partial charge < -0.3 is 0 Å². The van der Waals surface area contributed by atoms with Crippen LogP contribution in [0.5, 0.6) is 0 Å². The summed E-state index contributed by atoms with van der Waals surface area (Å²) >= 11 is 4.00. The fourth-order valence-corrected chi connectivity index (χ4v) is 4.62. The minimum absolute atomic E-state index is 0.676. The van der Waals surface area contributed by atoms with Gasteiger partial charge in [-0.2, -0.15) is 0 Å². The van der Waals surface area contributed by atoms with Crippen LogP contribution in [-0.2, 0) is 12.8 Å². The highest BCUT2D eigenvalue weighted by atomic mass is 32.1. The second kappa shape index (κ2) is 5.58. The Bertz CT molecular complexity index is 488. The van der Waals surface area contributed by atoms with Crippen LogP contribution in [0.3, 0.4) is 0 Å². The molecular formula is C16H22S2. The van der Waals surface area contributed by atoms with Crippen LogP contribution < -0.4 is 0 Å². The highest BCUT2D eigenvalue weighted by Gasteiger charge is 2.20. The normalized spacial score (nSPS) is 12.8. The summed E-state index contributed by atoms with van der Waals surface area (Å²) in [6.45, 7) is 10.8. The van der Waals surface area contributed by atoms with E-state index in [4.69, 9.17) is 0 Å². The Morgan fingerprint density at radius 3 is 2.11 bits per heavy atom. The van der Waals surface area contributed by atoms with Gasteiger partial charge in [-0.15, -0.1) is 22.7 Å². The van der Waals surface area contributed by atoms with Gasteiger partial charge in [-0.3, -0.25) is 0 Å². The molecule has 0 atom stereocenters. The molecule has 2 heterocycles. The highest BCUT2D eigenvalue weighted by molar-refractivity contribution is 7.13. The molecule has 1 aliphatic carbocycles. The molecule has 0 aromatic carbocycles. The lowest BCUT2D eigenvalue weighted by molar-refractivity contribution is 0.888. The molecule has 3 rings (SSSR count). The first-order chi connectivity index (χ1) is 8.63. The Balaban J connectivity index is 0.000000574. The largest absolute Gasteiger partial charge is 0.145 e. The molecule has 2 heteroatoms. The van der Waals surface area contributed by atoms with E-state index >= 15 is 0 Å². The van der Waals surface area contributed by atoms with Gasteiger partial charge in [-0.05, 0) is 36.1 Å². The summed E-state index contributed by atoms with van der Waals surface area (Å²) in [4.78, 5) is 6.22. The molecule has 0 radical (unpaired) electrons. The van der Waals surface area contributed by atoms with Gasteiger partial charge in [0.05, 0.1) is 0 Å². The first-order valence-electron chi connectivity index (χ1n) is 6.83.